The van der Waals surface area contributed by atoms with Gasteiger partial charge in [-0.2, -0.15) is 8.78 Å². The van der Waals surface area contributed by atoms with E-state index in [1.54, 1.807) is 19.1 Å². The standard InChI is InChI=1S/C12H13F2N5O2/c1-8(16-11(20)6-19-7-15-17-18-19)9-3-2-4-10(5-9)21-12(13)14/h2-5,7-8,12H,6H2,1H3,(H,16,20)/t8-/m1/s1. The number of benzene rings is 1. The van der Waals surface area contributed by atoms with Crippen molar-refractivity contribution in [2.75, 3.05) is 0 Å². The van der Waals surface area contributed by atoms with Gasteiger partial charge in [-0.3, -0.25) is 4.79 Å². The molecule has 0 saturated heterocycles. The summed E-state index contributed by atoms with van der Waals surface area (Å²) in [6, 6.07) is 5.80. The van der Waals surface area contributed by atoms with Crippen molar-refractivity contribution in [1.82, 2.24) is 25.5 Å². The molecule has 0 radical (unpaired) electrons. The molecule has 7 nitrogen and oxygen atoms in total. The van der Waals surface area contributed by atoms with Crippen molar-refractivity contribution in [2.45, 2.75) is 26.1 Å². The van der Waals surface area contributed by atoms with E-state index in [-0.39, 0.29) is 24.2 Å². The van der Waals surface area contributed by atoms with Crippen LogP contribution in [0.1, 0.15) is 18.5 Å². The summed E-state index contributed by atoms with van der Waals surface area (Å²) in [5.41, 5.74) is 0.651. The molecule has 0 fully saturated rings. The number of alkyl halides is 2. The van der Waals surface area contributed by atoms with Crippen LogP contribution in [-0.2, 0) is 11.3 Å². The highest BCUT2D eigenvalue weighted by molar-refractivity contribution is 5.76. The molecule has 0 spiro atoms. The fourth-order valence-electron chi connectivity index (χ4n) is 1.73. The van der Waals surface area contributed by atoms with Crippen LogP contribution in [0.3, 0.4) is 0 Å². The van der Waals surface area contributed by atoms with Gasteiger partial charge in [0, 0.05) is 0 Å². The SMILES string of the molecule is C[C@@H](NC(=O)Cn1cnnn1)c1cccc(OC(F)F)c1. The van der Waals surface area contributed by atoms with E-state index in [0.29, 0.717) is 5.56 Å². The topological polar surface area (TPSA) is 81.9 Å². The van der Waals surface area contributed by atoms with Gasteiger partial charge in [0.25, 0.3) is 0 Å². The van der Waals surface area contributed by atoms with E-state index < -0.39 is 6.61 Å². The van der Waals surface area contributed by atoms with E-state index in [4.69, 9.17) is 0 Å². The van der Waals surface area contributed by atoms with Gasteiger partial charge in [0.15, 0.2) is 0 Å². The molecule has 1 amide bonds. The second-order valence-corrected chi connectivity index (χ2v) is 4.25. The third-order valence-electron chi connectivity index (χ3n) is 2.66. The number of carbonyl (C=O) groups is 1. The van der Waals surface area contributed by atoms with Gasteiger partial charge in [-0.1, -0.05) is 12.1 Å². The highest BCUT2D eigenvalue weighted by Gasteiger charge is 2.12. The molecule has 1 atom stereocenters. The average molecular weight is 297 g/mol. The largest absolute Gasteiger partial charge is 0.435 e. The van der Waals surface area contributed by atoms with Crippen molar-refractivity contribution < 1.29 is 18.3 Å². The highest BCUT2D eigenvalue weighted by Crippen LogP contribution is 2.20. The second-order valence-electron chi connectivity index (χ2n) is 4.25. The minimum Gasteiger partial charge on any atom is -0.435 e. The van der Waals surface area contributed by atoms with Crippen LogP contribution in [0.2, 0.25) is 0 Å². The Morgan fingerprint density at radius 1 is 1.48 bits per heavy atom. The number of halogens is 2. The van der Waals surface area contributed by atoms with Crippen LogP contribution in [-0.4, -0.2) is 32.7 Å². The normalized spacial score (nSPS) is 12.2. The summed E-state index contributed by atoms with van der Waals surface area (Å²) in [6.07, 6.45) is 1.32. The van der Waals surface area contributed by atoms with Crippen LogP contribution in [0.5, 0.6) is 5.75 Å². The minimum absolute atomic E-state index is 0.0232. The predicted molar refractivity (Wildman–Crippen MR) is 67.4 cm³/mol. The molecule has 0 saturated carbocycles. The molecule has 9 heteroatoms. The quantitative estimate of drug-likeness (QED) is 0.865. The number of rotatable bonds is 6. The van der Waals surface area contributed by atoms with E-state index in [9.17, 15) is 13.6 Å². The molecule has 0 aliphatic carbocycles. The number of carbonyl (C=O) groups excluding carboxylic acids is 1. The molecule has 21 heavy (non-hydrogen) atoms. The first kappa shape index (κ1) is 14.8. The first-order valence-corrected chi connectivity index (χ1v) is 6.09. The van der Waals surface area contributed by atoms with Gasteiger partial charge in [0.05, 0.1) is 6.04 Å². The van der Waals surface area contributed by atoms with E-state index in [1.165, 1.54) is 23.1 Å². The van der Waals surface area contributed by atoms with Crippen LogP contribution in [0, 0.1) is 0 Å². The summed E-state index contributed by atoms with van der Waals surface area (Å²) in [4.78, 5) is 11.8. The number of amides is 1. The van der Waals surface area contributed by atoms with Gasteiger partial charge in [0.1, 0.15) is 18.6 Å². The molecule has 2 aromatic rings. The average Bonchev–Trinajstić information content (AvgIpc) is 2.90. The summed E-state index contributed by atoms with van der Waals surface area (Å²) >= 11 is 0. The molecule has 1 heterocycles. The van der Waals surface area contributed by atoms with Crippen molar-refractivity contribution >= 4 is 5.91 Å². The Morgan fingerprint density at radius 2 is 2.29 bits per heavy atom. The summed E-state index contributed by atoms with van der Waals surface area (Å²) in [6.45, 7) is -1.17. The lowest BCUT2D eigenvalue weighted by Crippen LogP contribution is -2.30. The molecule has 0 aliphatic rings. The van der Waals surface area contributed by atoms with E-state index in [2.05, 4.69) is 25.6 Å². The number of ether oxygens (including phenoxy) is 1. The molecular weight excluding hydrogens is 284 g/mol. The van der Waals surface area contributed by atoms with Crippen LogP contribution in [0.15, 0.2) is 30.6 Å². The molecule has 2 rings (SSSR count). The Morgan fingerprint density at radius 3 is 2.95 bits per heavy atom. The maximum atomic E-state index is 12.2. The van der Waals surface area contributed by atoms with Crippen LogP contribution in [0.25, 0.3) is 0 Å². The zero-order valence-corrected chi connectivity index (χ0v) is 11.1. The highest BCUT2D eigenvalue weighted by atomic mass is 19.3. The van der Waals surface area contributed by atoms with E-state index >= 15 is 0 Å². The summed E-state index contributed by atoms with van der Waals surface area (Å²) in [5.74, 6) is -0.251. The van der Waals surface area contributed by atoms with E-state index in [1.807, 2.05) is 0 Å². The lowest BCUT2D eigenvalue weighted by Gasteiger charge is -2.15. The number of aromatic nitrogens is 4. The maximum Gasteiger partial charge on any atom is 0.387 e. The van der Waals surface area contributed by atoms with Gasteiger partial charge in [-0.05, 0) is 35.0 Å². The molecule has 112 valence electrons. The molecule has 1 N–H and O–H groups in total. The molecule has 0 unspecified atom stereocenters. The van der Waals surface area contributed by atoms with Crippen molar-refractivity contribution in [3.8, 4) is 5.75 Å². The van der Waals surface area contributed by atoms with Gasteiger partial charge >= 0.3 is 6.61 Å². The van der Waals surface area contributed by atoms with Crippen molar-refractivity contribution in [3.63, 3.8) is 0 Å². The summed E-state index contributed by atoms with van der Waals surface area (Å²) in [7, 11) is 0. The molecular formula is C12H13F2N5O2. The Balaban J connectivity index is 1.96. The number of tetrazole rings is 1. The summed E-state index contributed by atoms with van der Waals surface area (Å²) < 4.78 is 29.9. The minimum atomic E-state index is -2.88. The van der Waals surface area contributed by atoms with Crippen LogP contribution in [0.4, 0.5) is 8.78 Å². The lowest BCUT2D eigenvalue weighted by atomic mass is 10.1. The number of nitrogens with one attached hydrogen (secondary N) is 1. The zero-order chi connectivity index (χ0) is 15.2. The fourth-order valence-corrected chi connectivity index (χ4v) is 1.73. The molecule has 0 bridgehead atoms. The number of hydrogen-bond acceptors (Lipinski definition) is 5. The molecule has 1 aromatic heterocycles. The Bertz CT molecular complexity index is 591. The van der Waals surface area contributed by atoms with Crippen LogP contribution < -0.4 is 10.1 Å². The monoisotopic (exact) mass is 297 g/mol. The fraction of sp³-hybridized carbons (Fsp3) is 0.333. The summed E-state index contributed by atoms with van der Waals surface area (Å²) in [5, 5.41) is 13.1. The van der Waals surface area contributed by atoms with Gasteiger partial charge in [0.2, 0.25) is 5.91 Å². The predicted octanol–water partition coefficient (Wildman–Crippen LogP) is 1.15. The van der Waals surface area contributed by atoms with Gasteiger partial charge < -0.3 is 10.1 Å². The van der Waals surface area contributed by atoms with Crippen LogP contribution >= 0.6 is 0 Å². The number of nitrogens with zero attached hydrogens (tertiary/aromatic N) is 4. The van der Waals surface area contributed by atoms with Gasteiger partial charge in [-0.15, -0.1) is 5.10 Å². The third kappa shape index (κ3) is 4.48. The Kier molecular flexibility index (Phi) is 4.75. The Labute approximate surface area is 118 Å². The second kappa shape index (κ2) is 6.73. The smallest absolute Gasteiger partial charge is 0.387 e. The Hall–Kier alpha value is -2.58. The first-order chi connectivity index (χ1) is 10.0. The maximum absolute atomic E-state index is 12.2. The zero-order valence-electron chi connectivity index (χ0n) is 11.1. The number of hydrogen-bond donors (Lipinski definition) is 1. The van der Waals surface area contributed by atoms with Crippen molar-refractivity contribution in [2.24, 2.45) is 0 Å². The molecule has 0 aliphatic heterocycles. The van der Waals surface area contributed by atoms with Gasteiger partial charge in [-0.25, -0.2) is 4.68 Å². The first-order valence-electron chi connectivity index (χ1n) is 6.09. The van der Waals surface area contributed by atoms with Crippen molar-refractivity contribution in [3.05, 3.63) is 36.2 Å². The van der Waals surface area contributed by atoms with E-state index in [0.717, 1.165) is 0 Å². The lowest BCUT2D eigenvalue weighted by molar-refractivity contribution is -0.122. The molecule has 1 aromatic carbocycles. The third-order valence-corrected chi connectivity index (χ3v) is 2.66. The van der Waals surface area contributed by atoms with Crippen molar-refractivity contribution in [1.29, 1.82) is 0 Å².